The van der Waals surface area contributed by atoms with E-state index in [0.717, 1.165) is 56.3 Å². The molecule has 0 fully saturated rings. The van der Waals surface area contributed by atoms with Crippen LogP contribution in [0, 0.1) is 27.7 Å². The van der Waals surface area contributed by atoms with Gasteiger partial charge in [0.15, 0.2) is 0 Å². The number of para-hydroxylation sites is 2. The van der Waals surface area contributed by atoms with Crippen molar-refractivity contribution in [3.8, 4) is 66.8 Å². The molecule has 0 amide bonds. The van der Waals surface area contributed by atoms with E-state index in [1.165, 1.54) is 143 Å². The molecule has 15 aromatic carbocycles. The van der Waals surface area contributed by atoms with E-state index in [4.69, 9.17) is 0 Å². The summed E-state index contributed by atoms with van der Waals surface area (Å²) >= 11 is 0. The Labute approximate surface area is 569 Å². The van der Waals surface area contributed by atoms with E-state index >= 15 is 0 Å². The van der Waals surface area contributed by atoms with Crippen molar-refractivity contribution in [3.05, 3.63) is 350 Å². The minimum Gasteiger partial charge on any atom is -0.309 e. The largest absolute Gasteiger partial charge is 0.309 e. The van der Waals surface area contributed by atoms with E-state index in [2.05, 4.69) is 374 Å². The van der Waals surface area contributed by atoms with Gasteiger partial charge in [0, 0.05) is 77.0 Å². The molecule has 19 rings (SSSR count). The third-order valence-corrected chi connectivity index (χ3v) is 20.9. The Morgan fingerprint density at radius 1 is 0.194 bits per heavy atom. The van der Waals surface area contributed by atoms with Crippen molar-refractivity contribution >= 4 is 110 Å². The van der Waals surface area contributed by atoms with Gasteiger partial charge in [0.2, 0.25) is 0 Å². The van der Waals surface area contributed by atoms with Crippen LogP contribution in [-0.2, 0) is 0 Å². The second kappa shape index (κ2) is 22.6. The van der Waals surface area contributed by atoms with Gasteiger partial charge in [-0.05, 0) is 154 Å². The van der Waals surface area contributed by atoms with Gasteiger partial charge in [0.05, 0.1) is 44.5 Å². The fraction of sp³-hybridized carbons (Fsp3) is 0.0426. The summed E-state index contributed by atoms with van der Waals surface area (Å²) in [6.45, 7) is 9.08. The van der Waals surface area contributed by atoms with Crippen LogP contribution in [-0.4, -0.2) is 8.80 Å². The summed E-state index contributed by atoms with van der Waals surface area (Å²) < 4.78 is 5.33. The van der Waals surface area contributed by atoms with E-state index in [0.29, 0.717) is 0 Å². The first-order chi connectivity index (χ1) is 48.3. The highest BCUT2D eigenvalue weighted by atomic mass is 15.2. The van der Waals surface area contributed by atoms with Crippen LogP contribution in [0.15, 0.2) is 328 Å². The number of rotatable bonds is 12. The zero-order valence-electron chi connectivity index (χ0n) is 55.0. The molecule has 4 heterocycles. The maximum Gasteiger partial charge on any atom is 0.0642 e. The highest BCUT2D eigenvalue weighted by Crippen LogP contribution is 2.58. The van der Waals surface area contributed by atoms with Gasteiger partial charge < -0.3 is 18.6 Å². The predicted octanol–water partition coefficient (Wildman–Crippen LogP) is 26.2. The number of aryl methyl sites for hydroxylation is 4. The Balaban J connectivity index is 0.968. The molecule has 0 N–H and O–H groups in total. The third-order valence-electron chi connectivity index (χ3n) is 20.9. The fourth-order valence-electron chi connectivity index (χ4n) is 16.3. The maximum atomic E-state index is 2.66. The zero-order chi connectivity index (χ0) is 65.3. The van der Waals surface area contributed by atoms with Gasteiger partial charge in [-0.2, -0.15) is 0 Å². The fourth-order valence-corrected chi connectivity index (χ4v) is 16.3. The first-order valence-corrected chi connectivity index (χ1v) is 34.1. The Kier molecular flexibility index (Phi) is 13.1. The number of aromatic nitrogens is 2. The minimum atomic E-state index is 1.12. The molecule has 19 aromatic rings. The Bertz CT molecular complexity index is 5740. The highest BCUT2D eigenvalue weighted by molar-refractivity contribution is 6.39. The molecule has 0 unspecified atom stereocenters. The molecule has 0 saturated heterocycles. The minimum absolute atomic E-state index is 1.12. The average Bonchev–Trinajstić information content (AvgIpc) is 1.49. The lowest BCUT2D eigenvalue weighted by Gasteiger charge is -2.30. The molecule has 0 atom stereocenters. The van der Waals surface area contributed by atoms with Crippen molar-refractivity contribution in [1.82, 2.24) is 8.80 Å². The summed E-state index contributed by atoms with van der Waals surface area (Å²) in [5, 5.41) is 9.68. The molecule has 462 valence electrons. The summed E-state index contributed by atoms with van der Waals surface area (Å²) in [6, 6.07) is 122. The first kappa shape index (κ1) is 57.0. The van der Waals surface area contributed by atoms with Crippen LogP contribution in [0.2, 0.25) is 0 Å². The molecule has 0 aliphatic carbocycles. The van der Waals surface area contributed by atoms with Gasteiger partial charge >= 0.3 is 0 Å². The van der Waals surface area contributed by atoms with E-state index in [-0.39, 0.29) is 0 Å². The lowest BCUT2D eigenvalue weighted by molar-refractivity contribution is 1.24. The monoisotopic (exact) mass is 1250 g/mol. The number of anilines is 6. The van der Waals surface area contributed by atoms with Crippen molar-refractivity contribution in [2.75, 3.05) is 9.80 Å². The number of hydrogen-bond acceptors (Lipinski definition) is 2. The van der Waals surface area contributed by atoms with Crippen LogP contribution in [0.1, 0.15) is 22.3 Å². The summed E-state index contributed by atoms with van der Waals surface area (Å²) in [6.07, 6.45) is 0. The lowest BCUT2D eigenvalue weighted by Crippen LogP contribution is -2.13. The summed E-state index contributed by atoms with van der Waals surface area (Å²) in [5.74, 6) is 0. The molecular formula is C94H66N4. The van der Waals surface area contributed by atoms with Crippen molar-refractivity contribution < 1.29 is 0 Å². The highest BCUT2D eigenvalue weighted by Gasteiger charge is 2.34. The van der Waals surface area contributed by atoms with Crippen molar-refractivity contribution in [1.29, 1.82) is 0 Å². The van der Waals surface area contributed by atoms with Gasteiger partial charge in [-0.15, -0.1) is 0 Å². The number of fused-ring (bicyclic) bond motifs is 12. The van der Waals surface area contributed by atoms with Crippen molar-refractivity contribution in [2.24, 2.45) is 0 Å². The predicted molar refractivity (Wildman–Crippen MR) is 417 cm³/mol. The van der Waals surface area contributed by atoms with Crippen LogP contribution >= 0.6 is 0 Å². The topological polar surface area (TPSA) is 15.3 Å². The number of nitrogens with zero attached hydrogens (tertiary/aromatic N) is 4. The molecule has 0 aliphatic heterocycles. The molecule has 0 spiro atoms. The molecule has 0 bridgehead atoms. The molecule has 4 aromatic heterocycles. The summed E-state index contributed by atoms with van der Waals surface area (Å²) in [7, 11) is 0. The van der Waals surface area contributed by atoms with Crippen molar-refractivity contribution in [3.63, 3.8) is 0 Å². The van der Waals surface area contributed by atoms with Crippen LogP contribution in [0.5, 0.6) is 0 Å². The van der Waals surface area contributed by atoms with Crippen LogP contribution in [0.4, 0.5) is 34.1 Å². The summed E-state index contributed by atoms with van der Waals surface area (Å²) in [4.78, 5) is 5.16. The normalized spacial score (nSPS) is 11.9. The first-order valence-electron chi connectivity index (χ1n) is 34.1. The second-order valence-corrected chi connectivity index (χ2v) is 26.5. The van der Waals surface area contributed by atoms with E-state index in [9.17, 15) is 0 Å². The Morgan fingerprint density at radius 2 is 0.459 bits per heavy atom. The number of benzene rings is 15. The molecule has 4 heteroatoms. The standard InChI is InChI=1S/C94H66N4/c1-59-43-47-69(63-27-11-5-12-28-63)55-81(59)95(82-56-70(48-44-60(82)2)64-29-13-6-14-30-64)79-53-51-75-89-85(67-35-19-9-20-36-67)94-90(86(68-37-21-10-22-38-68)93(89)97-77-41-25-23-39-73(77)87(79)91(75)97)76-52-54-80(88-74-40-24-26-42-78(74)98(94)92(76)88)96(83-57-71(49-45-61(83)3)65-31-15-7-16-32-65)84-58-72(50-46-62(84)4)66-33-17-8-18-34-66/h5-58H,1-4H3. The van der Waals surface area contributed by atoms with Crippen LogP contribution in [0.3, 0.4) is 0 Å². The van der Waals surface area contributed by atoms with Gasteiger partial charge in [-0.25, -0.2) is 0 Å². The molecule has 98 heavy (non-hydrogen) atoms. The Morgan fingerprint density at radius 3 is 0.755 bits per heavy atom. The van der Waals surface area contributed by atoms with E-state index in [1.807, 2.05) is 0 Å². The second-order valence-electron chi connectivity index (χ2n) is 26.5. The van der Waals surface area contributed by atoms with E-state index < -0.39 is 0 Å². The van der Waals surface area contributed by atoms with Gasteiger partial charge in [0.1, 0.15) is 0 Å². The molecule has 0 aliphatic rings. The van der Waals surface area contributed by atoms with Gasteiger partial charge in [-0.3, -0.25) is 0 Å². The molecule has 0 saturated carbocycles. The molecule has 0 radical (unpaired) electrons. The summed E-state index contributed by atoms with van der Waals surface area (Å²) in [5.41, 5.74) is 32.8. The van der Waals surface area contributed by atoms with Crippen LogP contribution < -0.4 is 9.80 Å². The maximum absolute atomic E-state index is 2.66. The quantitative estimate of drug-likeness (QED) is 0.121. The number of hydrogen-bond donors (Lipinski definition) is 0. The lowest BCUT2D eigenvalue weighted by atomic mass is 9.89. The van der Waals surface area contributed by atoms with Crippen molar-refractivity contribution in [2.45, 2.75) is 27.7 Å². The SMILES string of the molecule is Cc1ccc(-c2ccccc2)cc1N(c1cc(-c2ccccc2)ccc1C)c1ccc2c3c(-c4ccccc4)c4c(c(-c5ccccc5)c3n3c5ccccc5c1c23)c1ccc(N(c2cc(-c3ccccc3)ccc2C)c2cc(-c3ccccc3)ccc2C)c2c3ccccc3n4c12. The van der Waals surface area contributed by atoms with Gasteiger partial charge in [-0.1, -0.05) is 279 Å². The third kappa shape index (κ3) is 8.71. The van der Waals surface area contributed by atoms with E-state index in [1.54, 1.807) is 0 Å². The molecular weight excluding hydrogens is 1190 g/mol. The average molecular weight is 1250 g/mol. The smallest absolute Gasteiger partial charge is 0.0642 e. The Hall–Kier alpha value is -12.5. The van der Waals surface area contributed by atoms with Crippen LogP contribution in [0.25, 0.3) is 143 Å². The zero-order valence-corrected chi connectivity index (χ0v) is 55.0. The molecule has 4 nitrogen and oxygen atoms in total. The van der Waals surface area contributed by atoms with Gasteiger partial charge in [0.25, 0.3) is 0 Å².